The molecule has 1 N–H and O–H groups in total. The molecule has 188 valence electrons. The molecule has 3 aliphatic rings. The maximum absolute atomic E-state index is 13.2. The van der Waals surface area contributed by atoms with E-state index in [0.29, 0.717) is 11.3 Å². The van der Waals surface area contributed by atoms with Crippen LogP contribution < -0.4 is 5.32 Å². The van der Waals surface area contributed by atoms with E-state index in [9.17, 15) is 32.3 Å². The minimum absolute atomic E-state index is 0.190. The Hall–Kier alpha value is -4.61. The number of fused-ring (bicyclic) bond motifs is 2. The van der Waals surface area contributed by atoms with Gasteiger partial charge >= 0.3 is 6.18 Å². The first-order valence-corrected chi connectivity index (χ1v) is 11.2. The summed E-state index contributed by atoms with van der Waals surface area (Å²) in [5, 5.41) is 2.37. The summed E-state index contributed by atoms with van der Waals surface area (Å²) in [6.45, 7) is -0.243. The van der Waals surface area contributed by atoms with Gasteiger partial charge in [-0.05, 0) is 24.3 Å². The van der Waals surface area contributed by atoms with Crippen LogP contribution in [0.4, 0.5) is 13.2 Å². The van der Waals surface area contributed by atoms with Crippen LogP contribution in [-0.2, 0) is 11.0 Å². The Kier molecular flexibility index (Phi) is 5.94. The summed E-state index contributed by atoms with van der Waals surface area (Å²) in [5.41, 5.74) is -0.128. The lowest BCUT2D eigenvalue weighted by Gasteiger charge is -2.28. The Morgan fingerprint density at radius 1 is 1.00 bits per heavy atom. The number of hydrogen-bond donors (Lipinski definition) is 1. The number of alkyl halides is 3. The number of carbonyl (C=O) groups is 4. The van der Waals surface area contributed by atoms with Crippen LogP contribution in [0.15, 0.2) is 70.3 Å². The number of nitrogens with one attached hydrogen (secondary N) is 1. The van der Waals surface area contributed by atoms with Crippen LogP contribution in [0, 0.1) is 0 Å². The minimum atomic E-state index is -4.70. The van der Waals surface area contributed by atoms with Gasteiger partial charge in [-0.25, -0.2) is 9.98 Å². The van der Waals surface area contributed by atoms with Crippen LogP contribution in [0.25, 0.3) is 0 Å². The summed E-state index contributed by atoms with van der Waals surface area (Å²) < 4.78 is 39.7. The first-order chi connectivity index (χ1) is 17.6. The van der Waals surface area contributed by atoms with Gasteiger partial charge in [0.15, 0.2) is 0 Å². The Morgan fingerprint density at radius 2 is 1.65 bits per heavy atom. The summed E-state index contributed by atoms with van der Waals surface area (Å²) in [6, 6.07) is 10.7. The molecule has 0 fully saturated rings. The van der Waals surface area contributed by atoms with E-state index in [2.05, 4.69) is 15.3 Å². The van der Waals surface area contributed by atoms with E-state index < -0.39 is 53.8 Å². The molecule has 0 aliphatic carbocycles. The molecule has 1 unspecified atom stereocenters. The van der Waals surface area contributed by atoms with Gasteiger partial charge in [-0.3, -0.25) is 24.1 Å². The number of aliphatic imine (C=N–C) groups is 2. The SMILES string of the molecule is O=C(NC1N=CC2=CN(C(=O)CN3C(=O)c4ccccc4C3=O)CCC2=N1)c1ccccc1C(F)(F)F. The molecule has 12 heteroatoms. The van der Waals surface area contributed by atoms with Crippen LogP contribution >= 0.6 is 0 Å². The molecule has 0 saturated carbocycles. The van der Waals surface area contributed by atoms with Crippen molar-refractivity contribution >= 4 is 35.6 Å². The molecule has 2 aromatic rings. The lowest BCUT2D eigenvalue weighted by Crippen LogP contribution is -2.44. The van der Waals surface area contributed by atoms with E-state index in [0.717, 1.165) is 17.0 Å². The van der Waals surface area contributed by atoms with Gasteiger partial charge in [0.25, 0.3) is 17.7 Å². The minimum Gasteiger partial charge on any atom is -0.316 e. The van der Waals surface area contributed by atoms with Gasteiger partial charge in [0.1, 0.15) is 6.54 Å². The fourth-order valence-electron chi connectivity index (χ4n) is 4.25. The van der Waals surface area contributed by atoms with Crippen LogP contribution in [0.1, 0.15) is 43.1 Å². The third-order valence-electron chi connectivity index (χ3n) is 6.08. The molecule has 2 aromatic carbocycles. The van der Waals surface area contributed by atoms with Gasteiger partial charge in [-0.2, -0.15) is 13.2 Å². The maximum atomic E-state index is 13.2. The Morgan fingerprint density at radius 3 is 2.32 bits per heavy atom. The normalized spacial score (nSPS) is 18.7. The Balaban J connectivity index is 1.25. The molecule has 0 spiro atoms. The molecule has 9 nitrogen and oxygen atoms in total. The summed E-state index contributed by atoms with van der Waals surface area (Å²) in [6.07, 6.45) is -2.70. The van der Waals surface area contributed by atoms with Gasteiger partial charge in [0.2, 0.25) is 12.2 Å². The summed E-state index contributed by atoms with van der Waals surface area (Å²) >= 11 is 0. The molecule has 37 heavy (non-hydrogen) atoms. The highest BCUT2D eigenvalue weighted by Gasteiger charge is 2.38. The van der Waals surface area contributed by atoms with E-state index in [4.69, 9.17) is 0 Å². The number of carbonyl (C=O) groups excluding carboxylic acids is 4. The van der Waals surface area contributed by atoms with Gasteiger partial charge in [-0.15, -0.1) is 0 Å². The van der Waals surface area contributed by atoms with E-state index in [-0.39, 0.29) is 24.1 Å². The van der Waals surface area contributed by atoms with Crippen LogP contribution in [0.3, 0.4) is 0 Å². The summed E-state index contributed by atoms with van der Waals surface area (Å²) in [4.78, 5) is 61.0. The second-order valence-electron chi connectivity index (χ2n) is 8.41. The van der Waals surface area contributed by atoms with Crippen molar-refractivity contribution in [3.8, 4) is 0 Å². The number of nitrogens with zero attached hydrogens (tertiary/aromatic N) is 4. The molecule has 0 bridgehead atoms. The zero-order valence-electron chi connectivity index (χ0n) is 19.0. The van der Waals surface area contributed by atoms with Crippen molar-refractivity contribution in [3.05, 3.63) is 82.6 Å². The highest BCUT2D eigenvalue weighted by atomic mass is 19.4. The van der Waals surface area contributed by atoms with E-state index in [1.54, 1.807) is 12.1 Å². The van der Waals surface area contributed by atoms with Crippen molar-refractivity contribution in [2.24, 2.45) is 9.98 Å². The number of amides is 4. The molecule has 3 aliphatic heterocycles. The monoisotopic (exact) mass is 509 g/mol. The Labute approximate surface area is 208 Å². The fourth-order valence-corrected chi connectivity index (χ4v) is 4.25. The van der Waals surface area contributed by atoms with E-state index in [1.165, 1.54) is 41.6 Å². The molecule has 0 radical (unpaired) electrons. The number of imide groups is 1. The van der Waals surface area contributed by atoms with Crippen molar-refractivity contribution in [3.63, 3.8) is 0 Å². The lowest BCUT2D eigenvalue weighted by molar-refractivity contribution is -0.138. The predicted molar refractivity (Wildman–Crippen MR) is 125 cm³/mol. The zero-order chi connectivity index (χ0) is 26.3. The first-order valence-electron chi connectivity index (χ1n) is 11.2. The Bertz CT molecular complexity index is 1390. The first kappa shape index (κ1) is 24.1. The smallest absolute Gasteiger partial charge is 0.316 e. The van der Waals surface area contributed by atoms with Gasteiger partial charge in [0, 0.05) is 31.0 Å². The number of hydrogen-bond acceptors (Lipinski definition) is 6. The molecular weight excluding hydrogens is 491 g/mol. The van der Waals surface area contributed by atoms with Gasteiger partial charge in [-0.1, -0.05) is 24.3 Å². The van der Waals surface area contributed by atoms with Crippen molar-refractivity contribution < 1.29 is 32.3 Å². The molecular formula is C25H18F3N5O4. The molecule has 0 aromatic heterocycles. The van der Waals surface area contributed by atoms with Crippen LogP contribution in [0.2, 0.25) is 0 Å². The predicted octanol–water partition coefficient (Wildman–Crippen LogP) is 2.66. The molecule has 4 amide bonds. The van der Waals surface area contributed by atoms with E-state index >= 15 is 0 Å². The number of allylic oxidation sites excluding steroid dienone is 1. The number of benzene rings is 2. The zero-order valence-corrected chi connectivity index (χ0v) is 19.0. The average molecular weight is 509 g/mol. The van der Waals surface area contributed by atoms with Gasteiger partial charge < -0.3 is 10.2 Å². The number of rotatable bonds is 4. The van der Waals surface area contributed by atoms with Crippen LogP contribution in [-0.4, -0.2) is 64.7 Å². The lowest BCUT2D eigenvalue weighted by atomic mass is 10.0. The highest BCUT2D eigenvalue weighted by Crippen LogP contribution is 2.32. The summed E-state index contributed by atoms with van der Waals surface area (Å²) in [7, 11) is 0. The standard InChI is InChI=1S/C25H18F3N5O4/c26-25(27,28)18-8-4-3-7-17(18)21(35)31-24-29-11-14-12-32(10-9-19(14)30-24)20(34)13-33-22(36)15-5-1-2-6-16(15)23(33)37/h1-8,11-12,24H,9-10,13H2,(H,31,35). The average Bonchev–Trinajstić information content (AvgIpc) is 3.12. The van der Waals surface area contributed by atoms with Crippen molar-refractivity contribution in [1.82, 2.24) is 15.1 Å². The fraction of sp³-hybridized carbons (Fsp3) is 0.200. The summed E-state index contributed by atoms with van der Waals surface area (Å²) in [5.74, 6) is -2.52. The highest BCUT2D eigenvalue weighted by molar-refractivity contribution is 6.22. The molecule has 1 atom stereocenters. The third-order valence-corrected chi connectivity index (χ3v) is 6.08. The van der Waals surface area contributed by atoms with Crippen molar-refractivity contribution in [2.75, 3.05) is 13.1 Å². The number of halogens is 3. The largest absolute Gasteiger partial charge is 0.417 e. The second kappa shape index (κ2) is 9.12. The van der Waals surface area contributed by atoms with Crippen molar-refractivity contribution in [1.29, 1.82) is 0 Å². The topological polar surface area (TPSA) is 112 Å². The van der Waals surface area contributed by atoms with Crippen LogP contribution in [0.5, 0.6) is 0 Å². The second-order valence-corrected chi connectivity index (χ2v) is 8.41. The van der Waals surface area contributed by atoms with Crippen molar-refractivity contribution in [2.45, 2.75) is 18.9 Å². The van der Waals surface area contributed by atoms with Gasteiger partial charge in [0.05, 0.1) is 28.0 Å². The molecule has 5 rings (SSSR count). The maximum Gasteiger partial charge on any atom is 0.417 e. The third kappa shape index (κ3) is 4.53. The van der Waals surface area contributed by atoms with E-state index in [1.807, 2.05) is 0 Å². The molecule has 0 saturated heterocycles. The molecule has 3 heterocycles. The quantitative estimate of drug-likeness (QED) is 0.639.